The van der Waals surface area contributed by atoms with Gasteiger partial charge >= 0.3 is 5.69 Å². The standard InChI is InChI=1S/C13H20BrN5OS/c1-4-7-18-12(20)15-16-13(18)21-8-10-11(14)9(5-2)17-19(10)6-3/h4-8H2,1-3H3,(H,15,20). The molecule has 0 aliphatic heterocycles. The van der Waals surface area contributed by atoms with Gasteiger partial charge in [-0.1, -0.05) is 25.6 Å². The van der Waals surface area contributed by atoms with Gasteiger partial charge in [0.05, 0.1) is 15.9 Å². The van der Waals surface area contributed by atoms with Crippen LogP contribution in [0.25, 0.3) is 0 Å². The van der Waals surface area contributed by atoms with E-state index in [4.69, 9.17) is 0 Å². The first-order chi connectivity index (χ1) is 10.1. The SMILES string of the molecule is CCCn1c(SCc2c(Br)c(CC)nn2CC)n[nH]c1=O. The predicted octanol–water partition coefficient (Wildman–Crippen LogP) is 2.82. The molecule has 2 heterocycles. The summed E-state index contributed by atoms with van der Waals surface area (Å²) in [4.78, 5) is 11.7. The van der Waals surface area contributed by atoms with Crippen molar-refractivity contribution in [2.75, 3.05) is 0 Å². The number of nitrogens with one attached hydrogen (secondary N) is 1. The molecule has 0 amide bonds. The molecular formula is C13H20BrN5OS. The second-order valence-corrected chi connectivity index (χ2v) is 6.36. The first kappa shape index (κ1) is 16.4. The van der Waals surface area contributed by atoms with Crippen LogP contribution in [0.3, 0.4) is 0 Å². The molecule has 0 spiro atoms. The number of H-pyrrole nitrogens is 1. The van der Waals surface area contributed by atoms with Gasteiger partial charge in [0, 0.05) is 18.8 Å². The van der Waals surface area contributed by atoms with Crippen molar-refractivity contribution in [3.8, 4) is 0 Å². The first-order valence-electron chi connectivity index (χ1n) is 7.14. The Morgan fingerprint density at radius 1 is 1.33 bits per heavy atom. The maximum absolute atomic E-state index is 11.7. The molecule has 0 radical (unpaired) electrons. The maximum Gasteiger partial charge on any atom is 0.343 e. The van der Waals surface area contributed by atoms with E-state index >= 15 is 0 Å². The summed E-state index contributed by atoms with van der Waals surface area (Å²) in [6.07, 6.45) is 1.80. The lowest BCUT2D eigenvalue weighted by Gasteiger charge is -2.06. The Labute approximate surface area is 136 Å². The van der Waals surface area contributed by atoms with Gasteiger partial charge in [-0.05, 0) is 35.7 Å². The van der Waals surface area contributed by atoms with Crippen LogP contribution in [0.15, 0.2) is 14.4 Å². The number of rotatable bonds is 7. The Hall–Kier alpha value is -1.02. The van der Waals surface area contributed by atoms with Gasteiger partial charge in [-0.25, -0.2) is 9.89 Å². The summed E-state index contributed by atoms with van der Waals surface area (Å²) in [6, 6.07) is 0. The van der Waals surface area contributed by atoms with Crippen molar-refractivity contribution in [3.63, 3.8) is 0 Å². The summed E-state index contributed by atoms with van der Waals surface area (Å²) in [7, 11) is 0. The van der Waals surface area contributed by atoms with Gasteiger partial charge in [-0.15, -0.1) is 5.10 Å². The molecule has 0 aliphatic carbocycles. The summed E-state index contributed by atoms with van der Waals surface area (Å²) < 4.78 is 4.76. The van der Waals surface area contributed by atoms with Gasteiger partial charge in [0.15, 0.2) is 5.16 Å². The fourth-order valence-corrected chi connectivity index (χ4v) is 4.01. The number of thioether (sulfide) groups is 1. The third-order valence-electron chi connectivity index (χ3n) is 3.20. The third-order valence-corrected chi connectivity index (χ3v) is 5.11. The third kappa shape index (κ3) is 3.42. The van der Waals surface area contributed by atoms with Crippen molar-refractivity contribution in [1.82, 2.24) is 24.5 Å². The van der Waals surface area contributed by atoms with Crippen LogP contribution >= 0.6 is 27.7 Å². The number of aromatic amines is 1. The van der Waals surface area contributed by atoms with Crippen LogP contribution in [0.1, 0.15) is 38.6 Å². The van der Waals surface area contributed by atoms with Crippen LogP contribution in [-0.2, 0) is 25.3 Å². The lowest BCUT2D eigenvalue weighted by Crippen LogP contribution is -2.17. The lowest BCUT2D eigenvalue weighted by atomic mass is 10.3. The molecule has 1 N–H and O–H groups in total. The number of halogens is 1. The molecule has 2 aromatic rings. The second kappa shape index (κ2) is 7.31. The van der Waals surface area contributed by atoms with E-state index in [1.165, 1.54) is 0 Å². The van der Waals surface area contributed by atoms with Crippen molar-refractivity contribution < 1.29 is 0 Å². The maximum atomic E-state index is 11.7. The van der Waals surface area contributed by atoms with Gasteiger partial charge in [-0.3, -0.25) is 9.25 Å². The molecule has 0 fully saturated rings. The van der Waals surface area contributed by atoms with Crippen LogP contribution in [0, 0.1) is 0 Å². The normalized spacial score (nSPS) is 11.2. The molecule has 0 bridgehead atoms. The monoisotopic (exact) mass is 373 g/mol. The van der Waals surface area contributed by atoms with Gasteiger partial charge in [0.25, 0.3) is 0 Å². The van der Waals surface area contributed by atoms with E-state index in [9.17, 15) is 4.79 Å². The number of hydrogen-bond acceptors (Lipinski definition) is 4. The molecule has 2 aromatic heterocycles. The molecule has 8 heteroatoms. The van der Waals surface area contributed by atoms with Gasteiger partial charge in [0.2, 0.25) is 0 Å². The van der Waals surface area contributed by atoms with E-state index in [-0.39, 0.29) is 5.69 Å². The van der Waals surface area contributed by atoms with E-state index in [0.29, 0.717) is 6.54 Å². The molecule has 2 rings (SSSR count). The Bertz CT molecular complexity index is 660. The largest absolute Gasteiger partial charge is 0.343 e. The number of aromatic nitrogens is 5. The molecule has 0 atom stereocenters. The predicted molar refractivity (Wildman–Crippen MR) is 87.7 cm³/mol. The molecule has 6 nitrogen and oxygen atoms in total. The fraction of sp³-hybridized carbons (Fsp3) is 0.615. The highest BCUT2D eigenvalue weighted by Crippen LogP contribution is 2.28. The van der Waals surface area contributed by atoms with Crippen molar-refractivity contribution in [3.05, 3.63) is 26.3 Å². The zero-order valence-electron chi connectivity index (χ0n) is 12.5. The minimum Gasteiger partial charge on any atom is -0.270 e. The van der Waals surface area contributed by atoms with E-state index < -0.39 is 0 Å². The Kier molecular flexibility index (Phi) is 5.69. The molecule has 0 saturated heterocycles. The second-order valence-electron chi connectivity index (χ2n) is 4.63. The molecule has 116 valence electrons. The molecule has 0 saturated carbocycles. The summed E-state index contributed by atoms with van der Waals surface area (Å²) in [5, 5.41) is 11.9. The van der Waals surface area contributed by atoms with Crippen LogP contribution in [0.5, 0.6) is 0 Å². The molecule has 21 heavy (non-hydrogen) atoms. The van der Waals surface area contributed by atoms with E-state index in [1.54, 1.807) is 16.3 Å². The molecular weight excluding hydrogens is 354 g/mol. The molecule has 0 aliphatic rings. The highest BCUT2D eigenvalue weighted by atomic mass is 79.9. The highest BCUT2D eigenvalue weighted by molar-refractivity contribution is 9.10. The van der Waals surface area contributed by atoms with E-state index in [1.807, 2.05) is 11.6 Å². The highest BCUT2D eigenvalue weighted by Gasteiger charge is 2.16. The quantitative estimate of drug-likeness (QED) is 0.757. The summed E-state index contributed by atoms with van der Waals surface area (Å²) in [5.74, 6) is 0.732. The Morgan fingerprint density at radius 2 is 2.10 bits per heavy atom. The minimum absolute atomic E-state index is 0.142. The molecule has 0 unspecified atom stereocenters. The number of aryl methyl sites for hydroxylation is 2. The van der Waals surface area contributed by atoms with Crippen molar-refractivity contribution >= 4 is 27.7 Å². The smallest absolute Gasteiger partial charge is 0.270 e. The average molecular weight is 374 g/mol. The van der Waals surface area contributed by atoms with Crippen LogP contribution < -0.4 is 5.69 Å². The topological polar surface area (TPSA) is 68.5 Å². The zero-order chi connectivity index (χ0) is 15.4. The number of hydrogen-bond donors (Lipinski definition) is 1. The summed E-state index contributed by atoms with van der Waals surface area (Å²) >= 11 is 5.20. The van der Waals surface area contributed by atoms with Crippen LogP contribution in [0.2, 0.25) is 0 Å². The summed E-state index contributed by atoms with van der Waals surface area (Å²) in [5.41, 5.74) is 2.06. The fourth-order valence-electron chi connectivity index (χ4n) is 2.12. The first-order valence-corrected chi connectivity index (χ1v) is 8.92. The Morgan fingerprint density at radius 3 is 2.71 bits per heavy atom. The van der Waals surface area contributed by atoms with Crippen molar-refractivity contribution in [2.24, 2.45) is 0 Å². The zero-order valence-corrected chi connectivity index (χ0v) is 14.9. The lowest BCUT2D eigenvalue weighted by molar-refractivity contribution is 0.602. The van der Waals surface area contributed by atoms with Crippen molar-refractivity contribution in [1.29, 1.82) is 0 Å². The van der Waals surface area contributed by atoms with Gasteiger partial charge in [0.1, 0.15) is 0 Å². The van der Waals surface area contributed by atoms with E-state index in [2.05, 4.69) is 45.1 Å². The van der Waals surface area contributed by atoms with Crippen molar-refractivity contribution in [2.45, 2.75) is 57.6 Å². The summed E-state index contributed by atoms with van der Waals surface area (Å²) in [6.45, 7) is 7.73. The Balaban J connectivity index is 2.20. The average Bonchev–Trinajstić information content (AvgIpc) is 2.98. The molecule has 0 aromatic carbocycles. The van der Waals surface area contributed by atoms with Gasteiger partial charge < -0.3 is 0 Å². The minimum atomic E-state index is -0.142. The van der Waals surface area contributed by atoms with E-state index in [0.717, 1.165) is 46.2 Å². The van der Waals surface area contributed by atoms with Gasteiger partial charge in [-0.2, -0.15) is 5.10 Å². The number of nitrogens with zero attached hydrogens (tertiary/aromatic N) is 4. The van der Waals surface area contributed by atoms with Crippen LogP contribution in [0.4, 0.5) is 0 Å². The van der Waals surface area contributed by atoms with Crippen LogP contribution in [-0.4, -0.2) is 24.5 Å².